The molecule has 3 rings (SSSR count). The van der Waals surface area contributed by atoms with E-state index in [-0.39, 0.29) is 17.6 Å². The van der Waals surface area contributed by atoms with Gasteiger partial charge in [0.1, 0.15) is 11.2 Å². The standard InChI is InChI=1S/C19H21IN2O5/c1-19(2,3)27-18(26)22-5-4-10(9-22)11-7-15-12(6-14(11)20)16(23)13(8-21-15)17(24)25/h6-8,10H,4-5,9H2,1-3H3,(H,21,23)(H,24,25). The van der Waals surface area contributed by atoms with Gasteiger partial charge < -0.3 is 19.7 Å². The Morgan fingerprint density at radius 2 is 2.04 bits per heavy atom. The number of nitrogens with one attached hydrogen (secondary N) is 1. The van der Waals surface area contributed by atoms with E-state index in [4.69, 9.17) is 9.84 Å². The molecule has 1 fully saturated rings. The first-order chi connectivity index (χ1) is 12.6. The molecule has 0 aliphatic carbocycles. The lowest BCUT2D eigenvalue weighted by Gasteiger charge is -2.24. The second-order valence-corrected chi connectivity index (χ2v) is 8.83. The largest absolute Gasteiger partial charge is 0.477 e. The van der Waals surface area contributed by atoms with Crippen LogP contribution in [-0.4, -0.2) is 45.7 Å². The summed E-state index contributed by atoms with van der Waals surface area (Å²) in [5.41, 5.74) is 0.322. The molecule has 1 unspecified atom stereocenters. The number of aromatic carboxylic acids is 1. The van der Waals surface area contributed by atoms with E-state index in [2.05, 4.69) is 27.6 Å². The summed E-state index contributed by atoms with van der Waals surface area (Å²) in [4.78, 5) is 40.4. The first kappa shape index (κ1) is 19.7. The van der Waals surface area contributed by atoms with Crippen molar-refractivity contribution in [3.05, 3.63) is 43.2 Å². The van der Waals surface area contributed by atoms with Crippen molar-refractivity contribution in [2.45, 2.75) is 38.7 Å². The van der Waals surface area contributed by atoms with Crippen molar-refractivity contribution in [1.82, 2.24) is 9.88 Å². The SMILES string of the molecule is CC(C)(C)OC(=O)N1CCC(c2cc3[nH]cc(C(=O)O)c(=O)c3cc2I)C1. The zero-order valence-electron chi connectivity index (χ0n) is 15.3. The van der Waals surface area contributed by atoms with Crippen LogP contribution < -0.4 is 5.43 Å². The highest BCUT2D eigenvalue weighted by Gasteiger charge is 2.31. The fraction of sp³-hybridized carbons (Fsp3) is 0.421. The van der Waals surface area contributed by atoms with Crippen LogP contribution >= 0.6 is 22.6 Å². The van der Waals surface area contributed by atoms with E-state index < -0.39 is 17.0 Å². The molecule has 8 heteroatoms. The van der Waals surface area contributed by atoms with Crippen molar-refractivity contribution in [3.63, 3.8) is 0 Å². The monoisotopic (exact) mass is 484 g/mol. The summed E-state index contributed by atoms with van der Waals surface area (Å²) in [6.07, 6.45) is 1.71. The van der Waals surface area contributed by atoms with Crippen LogP contribution in [0, 0.1) is 3.57 Å². The summed E-state index contributed by atoms with van der Waals surface area (Å²) < 4.78 is 6.32. The summed E-state index contributed by atoms with van der Waals surface area (Å²) in [6.45, 7) is 6.68. The highest BCUT2D eigenvalue weighted by atomic mass is 127. The van der Waals surface area contributed by atoms with E-state index >= 15 is 0 Å². The van der Waals surface area contributed by atoms with Gasteiger partial charge in [-0.3, -0.25) is 4.79 Å². The number of amides is 1. The molecule has 27 heavy (non-hydrogen) atoms. The molecular weight excluding hydrogens is 463 g/mol. The van der Waals surface area contributed by atoms with Gasteiger partial charge in [-0.1, -0.05) is 0 Å². The van der Waals surface area contributed by atoms with E-state index in [1.54, 1.807) is 11.0 Å². The number of aromatic amines is 1. The molecule has 2 heterocycles. The fourth-order valence-corrected chi connectivity index (χ4v) is 4.14. The number of fused-ring (bicyclic) bond motifs is 1. The Bertz CT molecular complexity index is 976. The topological polar surface area (TPSA) is 99.7 Å². The van der Waals surface area contributed by atoms with Crippen molar-refractivity contribution in [2.75, 3.05) is 13.1 Å². The second kappa shape index (κ2) is 7.14. The minimum absolute atomic E-state index is 0.136. The van der Waals surface area contributed by atoms with Gasteiger partial charge in [0, 0.05) is 39.7 Å². The maximum absolute atomic E-state index is 12.4. The number of pyridine rings is 1. The molecule has 0 spiro atoms. The third kappa shape index (κ3) is 4.10. The normalized spacial score (nSPS) is 17.3. The van der Waals surface area contributed by atoms with Gasteiger partial charge in [0.25, 0.3) is 0 Å². The quantitative estimate of drug-likeness (QED) is 0.636. The number of aromatic nitrogens is 1. The molecule has 1 aromatic carbocycles. The number of likely N-dealkylation sites (tertiary alicyclic amines) is 1. The summed E-state index contributed by atoms with van der Waals surface area (Å²) in [5.74, 6) is -1.11. The number of carbonyl (C=O) groups is 2. The molecule has 0 bridgehead atoms. The maximum atomic E-state index is 12.4. The lowest BCUT2D eigenvalue weighted by atomic mass is 9.96. The van der Waals surface area contributed by atoms with Crippen molar-refractivity contribution >= 4 is 45.6 Å². The molecule has 1 amide bonds. The second-order valence-electron chi connectivity index (χ2n) is 7.67. The van der Waals surface area contributed by atoms with Gasteiger partial charge in [-0.2, -0.15) is 0 Å². The first-order valence-electron chi connectivity index (χ1n) is 8.63. The molecule has 0 saturated carbocycles. The number of nitrogens with zero attached hydrogens (tertiary/aromatic N) is 1. The highest BCUT2D eigenvalue weighted by Crippen LogP contribution is 2.33. The summed E-state index contributed by atoms with van der Waals surface area (Å²) >= 11 is 2.16. The van der Waals surface area contributed by atoms with Crippen molar-refractivity contribution in [3.8, 4) is 0 Å². The number of carboxylic acids is 1. The van der Waals surface area contributed by atoms with Gasteiger partial charge in [0.05, 0.1) is 0 Å². The molecule has 2 aromatic rings. The zero-order valence-corrected chi connectivity index (χ0v) is 17.5. The van der Waals surface area contributed by atoms with Crippen molar-refractivity contribution in [2.24, 2.45) is 0 Å². The van der Waals surface area contributed by atoms with Gasteiger partial charge in [0.15, 0.2) is 0 Å². The lowest BCUT2D eigenvalue weighted by Crippen LogP contribution is -2.35. The molecule has 2 N–H and O–H groups in total. The average molecular weight is 484 g/mol. The van der Waals surface area contributed by atoms with Crippen LogP contribution in [0.25, 0.3) is 10.9 Å². The smallest absolute Gasteiger partial charge is 0.410 e. The molecule has 1 atom stereocenters. The average Bonchev–Trinajstić information content (AvgIpc) is 3.03. The summed E-state index contributed by atoms with van der Waals surface area (Å²) in [7, 11) is 0. The number of carbonyl (C=O) groups excluding carboxylic acids is 1. The molecule has 7 nitrogen and oxygen atoms in total. The zero-order chi connectivity index (χ0) is 19.9. The Hall–Kier alpha value is -2.10. The van der Waals surface area contributed by atoms with Gasteiger partial charge in [-0.15, -0.1) is 0 Å². The third-order valence-corrected chi connectivity index (χ3v) is 5.44. The van der Waals surface area contributed by atoms with Crippen LogP contribution in [0.2, 0.25) is 0 Å². The Morgan fingerprint density at radius 1 is 1.33 bits per heavy atom. The maximum Gasteiger partial charge on any atom is 0.410 e. The van der Waals surface area contributed by atoms with Gasteiger partial charge in [0.2, 0.25) is 5.43 Å². The van der Waals surface area contributed by atoms with Gasteiger partial charge in [-0.05, 0) is 67.5 Å². The van der Waals surface area contributed by atoms with Crippen LogP contribution in [0.15, 0.2) is 23.1 Å². The third-order valence-electron chi connectivity index (χ3n) is 4.51. The number of benzene rings is 1. The van der Waals surface area contributed by atoms with Crippen LogP contribution in [0.3, 0.4) is 0 Å². The predicted octanol–water partition coefficient (Wildman–Crippen LogP) is 3.56. The molecule has 1 aliphatic heterocycles. The van der Waals surface area contributed by atoms with Gasteiger partial charge >= 0.3 is 12.1 Å². The Morgan fingerprint density at radius 3 is 2.67 bits per heavy atom. The predicted molar refractivity (Wildman–Crippen MR) is 109 cm³/mol. The molecule has 144 valence electrons. The number of hydrogen-bond acceptors (Lipinski definition) is 4. The number of ether oxygens (including phenoxy) is 1. The van der Waals surface area contributed by atoms with Crippen LogP contribution in [-0.2, 0) is 4.74 Å². The van der Waals surface area contributed by atoms with Crippen molar-refractivity contribution in [1.29, 1.82) is 0 Å². The Kier molecular flexibility index (Phi) is 5.20. The molecule has 0 radical (unpaired) electrons. The number of H-pyrrole nitrogens is 1. The van der Waals surface area contributed by atoms with E-state index in [1.807, 2.05) is 26.8 Å². The molecule has 1 aromatic heterocycles. The Labute approximate surface area is 169 Å². The van der Waals surface area contributed by atoms with E-state index in [0.29, 0.717) is 24.0 Å². The summed E-state index contributed by atoms with van der Waals surface area (Å²) in [6, 6.07) is 3.60. The van der Waals surface area contributed by atoms with Crippen LogP contribution in [0.1, 0.15) is 49.0 Å². The number of rotatable bonds is 2. The lowest BCUT2D eigenvalue weighted by molar-refractivity contribution is 0.0292. The van der Waals surface area contributed by atoms with Crippen molar-refractivity contribution < 1.29 is 19.4 Å². The summed E-state index contributed by atoms with van der Waals surface area (Å²) in [5, 5.41) is 9.46. The van der Waals surface area contributed by atoms with Crippen LogP contribution in [0.4, 0.5) is 4.79 Å². The minimum Gasteiger partial charge on any atom is -0.477 e. The van der Waals surface area contributed by atoms with E-state index in [9.17, 15) is 14.4 Å². The highest BCUT2D eigenvalue weighted by molar-refractivity contribution is 14.1. The fourth-order valence-electron chi connectivity index (χ4n) is 3.24. The number of carboxylic acid groups (broad SMARTS) is 1. The molecule has 1 aliphatic rings. The molecule has 1 saturated heterocycles. The van der Waals surface area contributed by atoms with Gasteiger partial charge in [-0.25, -0.2) is 9.59 Å². The molecular formula is C19H21IN2O5. The number of halogens is 1. The van der Waals surface area contributed by atoms with E-state index in [0.717, 1.165) is 15.6 Å². The minimum atomic E-state index is -1.25. The van der Waals surface area contributed by atoms with Crippen LogP contribution in [0.5, 0.6) is 0 Å². The van der Waals surface area contributed by atoms with E-state index in [1.165, 1.54) is 6.20 Å². The Balaban J connectivity index is 1.89. The number of hydrogen-bond donors (Lipinski definition) is 2. The first-order valence-corrected chi connectivity index (χ1v) is 9.71.